The zero-order valence-corrected chi connectivity index (χ0v) is 16.1. The summed E-state index contributed by atoms with van der Waals surface area (Å²) in [6, 6.07) is 14.2. The number of fused-ring (bicyclic) bond motifs is 2. The number of hydrogen-bond donors (Lipinski definition) is 2. The number of hydrogen-bond acceptors (Lipinski definition) is 4. The standard InChI is InChI=1S/C20H18N4O3S/c1-13-10-14-6-5-9-18(19(14)21-11-13)28(26,27)23-22-20(25)16-12-24(2)17-8-4-3-7-15(16)17/h3-12,23H,1-2H3,(H,22,25). The van der Waals surface area contributed by atoms with Gasteiger partial charge >= 0.3 is 0 Å². The van der Waals surface area contributed by atoms with Gasteiger partial charge in [0, 0.05) is 35.7 Å². The van der Waals surface area contributed by atoms with Crippen LogP contribution >= 0.6 is 0 Å². The van der Waals surface area contributed by atoms with Crippen LogP contribution in [0.25, 0.3) is 21.8 Å². The van der Waals surface area contributed by atoms with Gasteiger partial charge in [-0.1, -0.05) is 30.3 Å². The van der Waals surface area contributed by atoms with Gasteiger partial charge in [0.2, 0.25) is 0 Å². The number of carbonyl (C=O) groups is 1. The van der Waals surface area contributed by atoms with E-state index in [-0.39, 0.29) is 4.90 Å². The summed E-state index contributed by atoms with van der Waals surface area (Å²) in [5, 5.41) is 1.45. The van der Waals surface area contributed by atoms with E-state index in [0.29, 0.717) is 16.5 Å². The number of amides is 1. The average molecular weight is 394 g/mol. The molecule has 142 valence electrons. The molecule has 7 nitrogen and oxygen atoms in total. The molecule has 4 aromatic rings. The Morgan fingerprint density at radius 3 is 2.71 bits per heavy atom. The molecule has 28 heavy (non-hydrogen) atoms. The fraction of sp³-hybridized carbons (Fsp3) is 0.100. The van der Waals surface area contributed by atoms with E-state index in [1.807, 2.05) is 48.9 Å². The number of para-hydroxylation sites is 2. The lowest BCUT2D eigenvalue weighted by atomic mass is 10.2. The van der Waals surface area contributed by atoms with E-state index in [2.05, 4.69) is 15.2 Å². The number of nitrogens with zero attached hydrogens (tertiary/aromatic N) is 2. The van der Waals surface area contributed by atoms with Gasteiger partial charge in [-0.2, -0.15) is 0 Å². The number of pyridine rings is 1. The van der Waals surface area contributed by atoms with E-state index in [0.717, 1.165) is 16.5 Å². The highest BCUT2D eigenvalue weighted by Gasteiger charge is 2.21. The zero-order chi connectivity index (χ0) is 19.9. The first kappa shape index (κ1) is 18.1. The van der Waals surface area contributed by atoms with Gasteiger partial charge in [-0.3, -0.25) is 15.2 Å². The van der Waals surface area contributed by atoms with Crippen molar-refractivity contribution in [3.05, 3.63) is 72.1 Å². The molecule has 1 amide bonds. The maximum atomic E-state index is 12.8. The van der Waals surface area contributed by atoms with Crippen molar-refractivity contribution < 1.29 is 13.2 Å². The summed E-state index contributed by atoms with van der Waals surface area (Å²) in [4.78, 5) is 19.0. The predicted octanol–water partition coefficient (Wildman–Crippen LogP) is 2.66. The largest absolute Gasteiger partial charge is 0.350 e. The number of benzene rings is 2. The van der Waals surface area contributed by atoms with Crippen LogP contribution < -0.4 is 10.3 Å². The minimum Gasteiger partial charge on any atom is -0.350 e. The summed E-state index contributed by atoms with van der Waals surface area (Å²) in [5.41, 5.74) is 4.84. The number of carbonyl (C=O) groups excluding carboxylic acids is 1. The van der Waals surface area contributed by atoms with E-state index >= 15 is 0 Å². The van der Waals surface area contributed by atoms with Crippen LogP contribution in [0.15, 0.2) is 65.8 Å². The third kappa shape index (κ3) is 3.12. The minimum absolute atomic E-state index is 0.00298. The van der Waals surface area contributed by atoms with Gasteiger partial charge in [-0.05, 0) is 30.7 Å². The van der Waals surface area contributed by atoms with E-state index in [9.17, 15) is 13.2 Å². The molecule has 0 aliphatic rings. The molecule has 0 saturated heterocycles. The van der Waals surface area contributed by atoms with E-state index in [1.54, 1.807) is 24.5 Å². The molecular weight excluding hydrogens is 376 g/mol. The van der Waals surface area contributed by atoms with Crippen molar-refractivity contribution in [2.24, 2.45) is 7.05 Å². The summed E-state index contributed by atoms with van der Waals surface area (Å²) < 4.78 is 27.3. The highest BCUT2D eigenvalue weighted by molar-refractivity contribution is 7.89. The number of sulfonamides is 1. The van der Waals surface area contributed by atoms with Gasteiger partial charge in [0.15, 0.2) is 0 Å². The van der Waals surface area contributed by atoms with Crippen LogP contribution in [0.2, 0.25) is 0 Å². The lowest BCUT2D eigenvalue weighted by Crippen LogP contribution is -2.41. The molecule has 2 N–H and O–H groups in total. The lowest BCUT2D eigenvalue weighted by Gasteiger charge is -2.10. The fourth-order valence-corrected chi connectivity index (χ4v) is 4.24. The van der Waals surface area contributed by atoms with Gasteiger partial charge in [-0.15, -0.1) is 4.83 Å². The number of hydrazine groups is 1. The first-order valence-corrected chi connectivity index (χ1v) is 10.1. The van der Waals surface area contributed by atoms with Crippen LogP contribution in [0.3, 0.4) is 0 Å². The van der Waals surface area contributed by atoms with Gasteiger partial charge in [0.05, 0.1) is 11.1 Å². The molecule has 4 rings (SSSR count). The third-order valence-electron chi connectivity index (χ3n) is 4.54. The number of rotatable bonds is 4. The van der Waals surface area contributed by atoms with Gasteiger partial charge in [0.25, 0.3) is 15.9 Å². The summed E-state index contributed by atoms with van der Waals surface area (Å²) >= 11 is 0. The Morgan fingerprint density at radius 1 is 1.11 bits per heavy atom. The van der Waals surface area contributed by atoms with Crippen molar-refractivity contribution in [2.45, 2.75) is 11.8 Å². The molecule has 2 aromatic heterocycles. The second-order valence-electron chi connectivity index (χ2n) is 6.57. The number of aryl methyl sites for hydroxylation is 2. The highest BCUT2D eigenvalue weighted by atomic mass is 32.2. The quantitative estimate of drug-likeness (QED) is 0.521. The molecule has 0 atom stereocenters. The first-order valence-electron chi connectivity index (χ1n) is 8.58. The second kappa shape index (κ2) is 6.74. The molecule has 0 aliphatic heterocycles. The molecular formula is C20H18N4O3S. The maximum absolute atomic E-state index is 12.8. The normalized spacial score (nSPS) is 11.8. The van der Waals surface area contributed by atoms with Crippen LogP contribution in [-0.4, -0.2) is 23.9 Å². The zero-order valence-electron chi connectivity index (χ0n) is 15.3. The number of nitrogens with one attached hydrogen (secondary N) is 2. The first-order chi connectivity index (χ1) is 13.4. The van der Waals surface area contributed by atoms with Gasteiger partial charge in [0.1, 0.15) is 4.90 Å². The smallest absolute Gasteiger partial charge is 0.268 e. The topological polar surface area (TPSA) is 93.1 Å². The Bertz CT molecular complexity index is 1330. The van der Waals surface area contributed by atoms with Gasteiger partial charge < -0.3 is 4.57 Å². The van der Waals surface area contributed by atoms with Crippen LogP contribution in [0.4, 0.5) is 0 Å². The molecule has 0 fully saturated rings. The Hall–Kier alpha value is -3.23. The molecule has 8 heteroatoms. The third-order valence-corrected chi connectivity index (χ3v) is 5.82. The van der Waals surface area contributed by atoms with Crippen LogP contribution in [-0.2, 0) is 17.1 Å². The molecule has 0 spiro atoms. The summed E-state index contributed by atoms with van der Waals surface area (Å²) in [7, 11) is -2.17. The van der Waals surface area contributed by atoms with E-state index in [4.69, 9.17) is 0 Å². The van der Waals surface area contributed by atoms with Crippen LogP contribution in [0.1, 0.15) is 15.9 Å². The van der Waals surface area contributed by atoms with Crippen molar-refractivity contribution in [1.82, 2.24) is 19.8 Å². The molecule has 0 bridgehead atoms. The molecule has 0 unspecified atom stereocenters. The molecule has 0 aliphatic carbocycles. The van der Waals surface area contributed by atoms with Crippen molar-refractivity contribution in [3.63, 3.8) is 0 Å². The SMILES string of the molecule is Cc1cnc2c(S(=O)(=O)NNC(=O)c3cn(C)c4ccccc34)cccc2c1. The second-order valence-corrected chi connectivity index (χ2v) is 8.22. The van der Waals surface area contributed by atoms with E-state index in [1.165, 1.54) is 6.07 Å². The van der Waals surface area contributed by atoms with Crippen molar-refractivity contribution in [3.8, 4) is 0 Å². The lowest BCUT2D eigenvalue weighted by molar-refractivity contribution is 0.0946. The van der Waals surface area contributed by atoms with E-state index < -0.39 is 15.9 Å². The van der Waals surface area contributed by atoms with Crippen LogP contribution in [0.5, 0.6) is 0 Å². The minimum atomic E-state index is -4.00. The van der Waals surface area contributed by atoms with Gasteiger partial charge in [-0.25, -0.2) is 8.42 Å². The Balaban J connectivity index is 1.63. The number of aromatic nitrogens is 2. The van der Waals surface area contributed by atoms with Crippen molar-refractivity contribution in [1.29, 1.82) is 0 Å². The average Bonchev–Trinajstić information content (AvgIpc) is 3.02. The van der Waals surface area contributed by atoms with Crippen molar-refractivity contribution in [2.75, 3.05) is 0 Å². The monoisotopic (exact) mass is 394 g/mol. The summed E-state index contributed by atoms with van der Waals surface area (Å²) in [5.74, 6) is -0.538. The summed E-state index contributed by atoms with van der Waals surface area (Å²) in [6.07, 6.45) is 3.27. The molecule has 2 heterocycles. The Kier molecular flexibility index (Phi) is 4.37. The Labute approximate surface area is 162 Å². The van der Waals surface area contributed by atoms with Crippen LogP contribution in [0, 0.1) is 6.92 Å². The fourth-order valence-electron chi connectivity index (χ4n) is 3.22. The molecule has 2 aromatic carbocycles. The van der Waals surface area contributed by atoms with Crippen molar-refractivity contribution >= 4 is 37.7 Å². The summed E-state index contributed by atoms with van der Waals surface area (Å²) in [6.45, 7) is 1.89. The molecule has 0 saturated carbocycles. The maximum Gasteiger partial charge on any atom is 0.268 e. The predicted molar refractivity (Wildman–Crippen MR) is 107 cm³/mol. The highest BCUT2D eigenvalue weighted by Crippen LogP contribution is 2.22. The molecule has 0 radical (unpaired) electrons. The Morgan fingerprint density at radius 2 is 1.89 bits per heavy atom.